The standard InChI is InChI=1S/C17H12O6/c1-22-13-7-10-9(6-11(13)17(21)23-2)16(20)14-8(15(10)19)4-3-5-12(14)18/h3-7,18H,1-2H3. The summed E-state index contributed by atoms with van der Waals surface area (Å²) in [5.41, 5.74) is 0.248. The molecule has 1 aliphatic rings. The summed E-state index contributed by atoms with van der Waals surface area (Å²) in [6.07, 6.45) is 0. The summed E-state index contributed by atoms with van der Waals surface area (Å²) in [6, 6.07) is 6.90. The third-order valence-corrected chi connectivity index (χ3v) is 3.75. The number of hydrogen-bond donors (Lipinski definition) is 1. The molecule has 0 aliphatic heterocycles. The van der Waals surface area contributed by atoms with E-state index in [1.54, 1.807) is 0 Å². The third-order valence-electron chi connectivity index (χ3n) is 3.75. The summed E-state index contributed by atoms with van der Waals surface area (Å²) in [7, 11) is 2.55. The van der Waals surface area contributed by atoms with Crippen LogP contribution in [0.1, 0.15) is 42.2 Å². The van der Waals surface area contributed by atoms with Gasteiger partial charge in [0.25, 0.3) is 0 Å². The van der Waals surface area contributed by atoms with E-state index in [4.69, 9.17) is 4.74 Å². The number of hydrogen-bond acceptors (Lipinski definition) is 6. The molecule has 23 heavy (non-hydrogen) atoms. The van der Waals surface area contributed by atoms with Crippen LogP contribution in [0, 0.1) is 0 Å². The molecule has 116 valence electrons. The van der Waals surface area contributed by atoms with Gasteiger partial charge in [0.05, 0.1) is 19.8 Å². The van der Waals surface area contributed by atoms with Gasteiger partial charge in [0, 0.05) is 16.7 Å². The summed E-state index contributed by atoms with van der Waals surface area (Å²) in [5.74, 6) is -1.77. The zero-order valence-electron chi connectivity index (χ0n) is 12.4. The van der Waals surface area contributed by atoms with Crippen molar-refractivity contribution in [1.82, 2.24) is 0 Å². The molecule has 1 N–H and O–H groups in total. The van der Waals surface area contributed by atoms with Gasteiger partial charge in [-0.1, -0.05) is 12.1 Å². The van der Waals surface area contributed by atoms with Crippen LogP contribution < -0.4 is 4.74 Å². The number of ether oxygens (including phenoxy) is 2. The van der Waals surface area contributed by atoms with Crippen molar-refractivity contribution >= 4 is 17.5 Å². The van der Waals surface area contributed by atoms with E-state index in [1.807, 2.05) is 0 Å². The zero-order valence-corrected chi connectivity index (χ0v) is 12.4. The minimum atomic E-state index is -0.687. The Morgan fingerprint density at radius 2 is 1.70 bits per heavy atom. The van der Waals surface area contributed by atoms with Crippen LogP contribution in [0.2, 0.25) is 0 Å². The number of methoxy groups -OCH3 is 2. The lowest BCUT2D eigenvalue weighted by Crippen LogP contribution is -2.22. The number of carbonyl (C=O) groups is 3. The van der Waals surface area contributed by atoms with Gasteiger partial charge in [-0.05, 0) is 18.2 Å². The second-order valence-corrected chi connectivity index (χ2v) is 4.95. The van der Waals surface area contributed by atoms with Crippen LogP contribution in [0.3, 0.4) is 0 Å². The second-order valence-electron chi connectivity index (χ2n) is 4.95. The first-order valence-corrected chi connectivity index (χ1v) is 6.71. The Bertz CT molecular complexity index is 866. The van der Waals surface area contributed by atoms with Gasteiger partial charge in [-0.2, -0.15) is 0 Å². The highest BCUT2D eigenvalue weighted by molar-refractivity contribution is 6.29. The van der Waals surface area contributed by atoms with Crippen molar-refractivity contribution in [3.05, 3.63) is 58.1 Å². The smallest absolute Gasteiger partial charge is 0.341 e. The van der Waals surface area contributed by atoms with E-state index < -0.39 is 17.5 Å². The summed E-state index contributed by atoms with van der Waals surface area (Å²) >= 11 is 0. The maximum atomic E-state index is 12.6. The lowest BCUT2D eigenvalue weighted by atomic mass is 9.82. The number of rotatable bonds is 2. The van der Waals surface area contributed by atoms with Gasteiger partial charge < -0.3 is 14.6 Å². The monoisotopic (exact) mass is 312 g/mol. The molecule has 0 atom stereocenters. The quantitative estimate of drug-likeness (QED) is 0.728. The first kappa shape index (κ1) is 14.8. The van der Waals surface area contributed by atoms with Crippen molar-refractivity contribution in [3.8, 4) is 11.5 Å². The number of phenols is 1. The number of ketones is 2. The van der Waals surface area contributed by atoms with Crippen molar-refractivity contribution in [2.24, 2.45) is 0 Å². The minimum absolute atomic E-state index is 0.0326. The SMILES string of the molecule is COC(=O)c1cc2c(cc1OC)C(=O)c1cccc(O)c1C2=O. The normalized spacial score (nSPS) is 12.4. The minimum Gasteiger partial charge on any atom is -0.507 e. The van der Waals surface area contributed by atoms with E-state index in [0.717, 1.165) is 0 Å². The molecule has 0 spiro atoms. The van der Waals surface area contributed by atoms with Crippen molar-refractivity contribution in [1.29, 1.82) is 0 Å². The fraction of sp³-hybridized carbons (Fsp3) is 0.118. The molecule has 6 heteroatoms. The lowest BCUT2D eigenvalue weighted by molar-refractivity contribution is 0.0596. The number of fused-ring (bicyclic) bond motifs is 2. The summed E-state index contributed by atoms with van der Waals surface area (Å²) in [5, 5.41) is 9.91. The van der Waals surface area contributed by atoms with Crippen LogP contribution in [0.25, 0.3) is 0 Å². The van der Waals surface area contributed by atoms with Gasteiger partial charge in [-0.15, -0.1) is 0 Å². The molecule has 0 fully saturated rings. The van der Waals surface area contributed by atoms with Gasteiger partial charge >= 0.3 is 5.97 Å². The van der Waals surface area contributed by atoms with Gasteiger partial charge in [0.1, 0.15) is 17.1 Å². The zero-order chi connectivity index (χ0) is 16.7. The number of phenolic OH excluding ortho intramolecular Hbond substituents is 1. The van der Waals surface area contributed by atoms with Crippen LogP contribution in [-0.2, 0) is 4.74 Å². The first-order chi connectivity index (χ1) is 11.0. The van der Waals surface area contributed by atoms with E-state index in [0.29, 0.717) is 0 Å². The largest absolute Gasteiger partial charge is 0.507 e. The molecular weight excluding hydrogens is 300 g/mol. The molecule has 0 heterocycles. The van der Waals surface area contributed by atoms with Crippen LogP contribution in [0.15, 0.2) is 30.3 Å². The van der Waals surface area contributed by atoms with Crippen molar-refractivity contribution in [2.75, 3.05) is 14.2 Å². The highest BCUT2D eigenvalue weighted by atomic mass is 16.5. The highest BCUT2D eigenvalue weighted by Gasteiger charge is 2.34. The maximum absolute atomic E-state index is 12.6. The summed E-state index contributed by atoms with van der Waals surface area (Å²) in [4.78, 5) is 37.1. The van der Waals surface area contributed by atoms with Crippen molar-refractivity contribution < 1.29 is 29.0 Å². The molecule has 0 unspecified atom stereocenters. The molecule has 0 amide bonds. The van der Waals surface area contributed by atoms with Crippen LogP contribution >= 0.6 is 0 Å². The van der Waals surface area contributed by atoms with E-state index >= 15 is 0 Å². The Balaban J connectivity index is 2.30. The lowest BCUT2D eigenvalue weighted by Gasteiger charge is -2.20. The molecule has 1 aliphatic carbocycles. The Kier molecular flexibility index (Phi) is 3.37. The number of benzene rings is 2. The van der Waals surface area contributed by atoms with Crippen LogP contribution in [-0.4, -0.2) is 36.9 Å². The molecule has 2 aromatic rings. The van der Waals surface area contributed by atoms with Crippen LogP contribution in [0.5, 0.6) is 11.5 Å². The van der Waals surface area contributed by atoms with Crippen molar-refractivity contribution in [3.63, 3.8) is 0 Å². The predicted molar refractivity (Wildman–Crippen MR) is 79.3 cm³/mol. The number of carbonyl (C=O) groups excluding carboxylic acids is 3. The molecule has 0 bridgehead atoms. The average molecular weight is 312 g/mol. The number of esters is 1. The van der Waals surface area contributed by atoms with E-state index in [9.17, 15) is 19.5 Å². The summed E-state index contributed by atoms with van der Waals surface area (Å²) in [6.45, 7) is 0. The van der Waals surface area contributed by atoms with E-state index in [1.165, 1.54) is 44.6 Å². The third kappa shape index (κ3) is 2.07. The van der Waals surface area contributed by atoms with Gasteiger partial charge in [0.15, 0.2) is 11.6 Å². The molecule has 3 rings (SSSR count). The molecule has 0 saturated heterocycles. The first-order valence-electron chi connectivity index (χ1n) is 6.71. The van der Waals surface area contributed by atoms with Gasteiger partial charge in [-0.3, -0.25) is 9.59 Å². The second kappa shape index (κ2) is 5.24. The topological polar surface area (TPSA) is 89.9 Å². The average Bonchev–Trinajstić information content (AvgIpc) is 2.57. The Labute approximate surface area is 131 Å². The Morgan fingerprint density at radius 1 is 1.00 bits per heavy atom. The van der Waals surface area contributed by atoms with Crippen molar-refractivity contribution in [2.45, 2.75) is 0 Å². The van der Waals surface area contributed by atoms with Crippen LogP contribution in [0.4, 0.5) is 0 Å². The van der Waals surface area contributed by atoms with Gasteiger partial charge in [0.2, 0.25) is 0 Å². The molecule has 0 aromatic heterocycles. The highest BCUT2D eigenvalue weighted by Crippen LogP contribution is 2.35. The maximum Gasteiger partial charge on any atom is 0.341 e. The molecule has 2 aromatic carbocycles. The predicted octanol–water partition coefficient (Wildman–Crippen LogP) is 1.96. The molecule has 6 nitrogen and oxygen atoms in total. The molecule has 0 radical (unpaired) electrons. The fourth-order valence-electron chi connectivity index (χ4n) is 2.64. The Hall–Kier alpha value is -3.15. The van der Waals surface area contributed by atoms with Gasteiger partial charge in [-0.25, -0.2) is 4.79 Å². The molecular formula is C17H12O6. The van der Waals surface area contributed by atoms with E-state index in [2.05, 4.69) is 4.74 Å². The Morgan fingerprint density at radius 3 is 2.35 bits per heavy atom. The number of aromatic hydroxyl groups is 1. The fourth-order valence-corrected chi connectivity index (χ4v) is 2.64. The summed E-state index contributed by atoms with van der Waals surface area (Å²) < 4.78 is 9.78. The molecule has 0 saturated carbocycles. The van der Waals surface area contributed by atoms with E-state index in [-0.39, 0.29) is 39.3 Å².